The lowest BCUT2D eigenvalue weighted by Crippen LogP contribution is -2.45. The molecule has 1 aromatic rings. The van der Waals surface area contributed by atoms with Gasteiger partial charge in [0.2, 0.25) is 0 Å². The van der Waals surface area contributed by atoms with Gasteiger partial charge in [-0.1, -0.05) is 19.9 Å². The van der Waals surface area contributed by atoms with Gasteiger partial charge in [0.25, 0.3) is 0 Å². The molecular formula is C22H30F6N2O2. The Labute approximate surface area is 184 Å². The molecule has 182 valence electrons. The second-order valence-corrected chi connectivity index (χ2v) is 9.01. The van der Waals surface area contributed by atoms with E-state index in [1.807, 2.05) is 13.8 Å². The molecule has 1 aliphatic rings. The van der Waals surface area contributed by atoms with E-state index in [0.717, 1.165) is 12.3 Å². The second kappa shape index (κ2) is 10.9. The van der Waals surface area contributed by atoms with Gasteiger partial charge in [-0.2, -0.15) is 26.3 Å². The second-order valence-electron chi connectivity index (χ2n) is 9.01. The average Bonchev–Trinajstić information content (AvgIpc) is 2.66. The summed E-state index contributed by atoms with van der Waals surface area (Å²) in [7, 11) is 0. The Hall–Kier alpha value is -1.84. The van der Waals surface area contributed by atoms with Crippen LogP contribution < -0.4 is 0 Å². The van der Waals surface area contributed by atoms with Gasteiger partial charge in [0.05, 0.1) is 6.42 Å². The first kappa shape index (κ1) is 26.4. The van der Waals surface area contributed by atoms with Crippen molar-refractivity contribution in [1.29, 1.82) is 0 Å². The number of halogens is 6. The topological polar surface area (TPSA) is 53.4 Å². The molecule has 4 nitrogen and oxygen atoms in total. The van der Waals surface area contributed by atoms with Crippen molar-refractivity contribution >= 4 is 5.97 Å². The van der Waals surface area contributed by atoms with Crippen molar-refractivity contribution in [2.75, 3.05) is 13.1 Å². The van der Waals surface area contributed by atoms with Gasteiger partial charge in [-0.15, -0.1) is 0 Å². The van der Waals surface area contributed by atoms with E-state index in [1.54, 1.807) is 4.90 Å². The summed E-state index contributed by atoms with van der Waals surface area (Å²) >= 11 is 0. The van der Waals surface area contributed by atoms with E-state index in [-0.39, 0.29) is 36.8 Å². The van der Waals surface area contributed by atoms with Crippen molar-refractivity contribution in [1.82, 2.24) is 9.88 Å². The minimum absolute atomic E-state index is 0.0776. The molecule has 2 rings (SSSR count). The molecule has 3 atom stereocenters. The lowest BCUT2D eigenvalue weighted by Gasteiger charge is -2.43. The van der Waals surface area contributed by atoms with Crippen LogP contribution in [0.25, 0.3) is 0 Å². The van der Waals surface area contributed by atoms with Crippen molar-refractivity contribution in [3.63, 3.8) is 0 Å². The Balaban J connectivity index is 2.32. The van der Waals surface area contributed by atoms with Crippen LogP contribution in [0.2, 0.25) is 0 Å². The molecule has 3 unspecified atom stereocenters. The minimum atomic E-state index is -4.59. The van der Waals surface area contributed by atoms with Crippen LogP contribution in [0.4, 0.5) is 26.3 Å². The monoisotopic (exact) mass is 468 g/mol. The Morgan fingerprint density at radius 1 is 1.16 bits per heavy atom. The van der Waals surface area contributed by atoms with Gasteiger partial charge < -0.3 is 5.11 Å². The molecule has 0 aliphatic heterocycles. The highest BCUT2D eigenvalue weighted by molar-refractivity contribution is 5.67. The fraction of sp³-hybridized carbons (Fsp3) is 0.727. The van der Waals surface area contributed by atoms with Crippen molar-refractivity contribution in [3.8, 4) is 0 Å². The first-order valence-corrected chi connectivity index (χ1v) is 10.8. The molecule has 1 aliphatic carbocycles. The number of nitrogens with zero attached hydrogens (tertiary/aromatic N) is 2. The van der Waals surface area contributed by atoms with Crippen molar-refractivity contribution < 1.29 is 36.2 Å². The van der Waals surface area contributed by atoms with E-state index < -0.39 is 30.4 Å². The number of carbonyl (C=O) groups is 1. The molecule has 0 bridgehead atoms. The fourth-order valence-electron chi connectivity index (χ4n) is 4.40. The lowest BCUT2D eigenvalue weighted by molar-refractivity contribution is -0.141. The zero-order chi connectivity index (χ0) is 24.1. The summed E-state index contributed by atoms with van der Waals surface area (Å²) in [5.74, 6) is -1.27. The Morgan fingerprint density at radius 2 is 1.84 bits per heavy atom. The molecule has 0 radical (unpaired) electrons. The highest BCUT2D eigenvalue weighted by Crippen LogP contribution is 2.41. The van der Waals surface area contributed by atoms with Crippen molar-refractivity contribution in [2.24, 2.45) is 11.8 Å². The largest absolute Gasteiger partial charge is 0.481 e. The normalized spacial score (nSPS) is 22.5. The number of rotatable bonds is 9. The predicted octanol–water partition coefficient (Wildman–Crippen LogP) is 6.13. The molecule has 10 heteroatoms. The van der Waals surface area contributed by atoms with Gasteiger partial charge in [-0.25, -0.2) is 0 Å². The number of alkyl halides is 6. The van der Waals surface area contributed by atoms with Crippen LogP contribution in [-0.2, 0) is 11.0 Å². The van der Waals surface area contributed by atoms with Crippen LogP contribution in [0.5, 0.6) is 0 Å². The zero-order valence-electron chi connectivity index (χ0n) is 18.2. The summed E-state index contributed by atoms with van der Waals surface area (Å²) in [6.07, 6.45) is -6.73. The van der Waals surface area contributed by atoms with Crippen LogP contribution >= 0.6 is 0 Å². The summed E-state index contributed by atoms with van der Waals surface area (Å²) in [5.41, 5.74) is -0.538. The van der Waals surface area contributed by atoms with Crippen molar-refractivity contribution in [2.45, 2.75) is 76.7 Å². The maximum Gasteiger partial charge on any atom is 0.433 e. The summed E-state index contributed by atoms with van der Waals surface area (Å²) < 4.78 is 77.6. The number of carboxylic acid groups (broad SMARTS) is 1. The summed E-state index contributed by atoms with van der Waals surface area (Å²) in [6.45, 7) is 4.19. The molecule has 0 saturated heterocycles. The summed E-state index contributed by atoms with van der Waals surface area (Å²) in [4.78, 5) is 16.5. The Bertz CT molecular complexity index is 733. The molecule has 1 N–H and O–H groups in total. The maximum absolute atomic E-state index is 13.0. The third-order valence-electron chi connectivity index (χ3n) is 6.04. The number of pyridine rings is 1. The molecule has 1 aromatic heterocycles. The van der Waals surface area contributed by atoms with Crippen LogP contribution in [0.1, 0.15) is 69.5 Å². The first-order chi connectivity index (χ1) is 14.8. The molecule has 1 heterocycles. The molecule has 1 fully saturated rings. The molecule has 0 amide bonds. The van der Waals surface area contributed by atoms with Crippen LogP contribution in [0.15, 0.2) is 18.3 Å². The van der Waals surface area contributed by atoms with Gasteiger partial charge in [-0.3, -0.25) is 14.7 Å². The summed E-state index contributed by atoms with van der Waals surface area (Å²) in [6, 6.07) is 1.88. The van der Waals surface area contributed by atoms with Gasteiger partial charge in [0.15, 0.2) is 0 Å². The highest BCUT2D eigenvalue weighted by Gasteiger charge is 2.38. The van der Waals surface area contributed by atoms with E-state index >= 15 is 0 Å². The van der Waals surface area contributed by atoms with E-state index in [4.69, 9.17) is 5.11 Å². The number of aromatic nitrogens is 1. The first-order valence-electron chi connectivity index (χ1n) is 10.8. The van der Waals surface area contributed by atoms with Gasteiger partial charge in [0.1, 0.15) is 5.69 Å². The van der Waals surface area contributed by atoms with Crippen LogP contribution in [0.3, 0.4) is 0 Å². The number of hydrogen-bond donors (Lipinski definition) is 1. The number of carboxylic acids is 1. The zero-order valence-corrected chi connectivity index (χ0v) is 18.2. The van der Waals surface area contributed by atoms with E-state index in [2.05, 4.69) is 4.98 Å². The fourth-order valence-corrected chi connectivity index (χ4v) is 4.40. The Morgan fingerprint density at radius 3 is 2.34 bits per heavy atom. The molecular weight excluding hydrogens is 438 g/mol. The highest BCUT2D eigenvalue weighted by atomic mass is 19.4. The summed E-state index contributed by atoms with van der Waals surface area (Å²) in [5, 5.41) is 9.17. The standard InChI is InChI=1S/C22H30F6N2O2/c1-14(2)7-9-30(10-8-21(23,24)25)18-5-3-15(12-20(31)32)11-17(18)16-4-6-19(29-13-16)22(26,27)28/h4,6,13-15,17-18H,3,5,7-12H2,1-2H3,(H,31,32). The Kier molecular flexibility index (Phi) is 8.96. The molecule has 0 aromatic carbocycles. The smallest absolute Gasteiger partial charge is 0.433 e. The van der Waals surface area contributed by atoms with E-state index in [9.17, 15) is 31.1 Å². The number of hydrogen-bond acceptors (Lipinski definition) is 3. The van der Waals surface area contributed by atoms with Crippen LogP contribution in [-0.4, -0.2) is 46.3 Å². The third-order valence-corrected chi connectivity index (χ3v) is 6.04. The SMILES string of the molecule is CC(C)CCN(CCC(F)(F)F)C1CCC(CC(=O)O)CC1c1ccc(C(F)(F)F)nc1. The van der Waals surface area contributed by atoms with Crippen LogP contribution in [0, 0.1) is 11.8 Å². The van der Waals surface area contributed by atoms with E-state index in [1.165, 1.54) is 6.07 Å². The van der Waals surface area contributed by atoms with E-state index in [0.29, 0.717) is 37.8 Å². The molecule has 32 heavy (non-hydrogen) atoms. The predicted molar refractivity (Wildman–Crippen MR) is 107 cm³/mol. The molecule has 0 spiro atoms. The molecule has 1 saturated carbocycles. The van der Waals surface area contributed by atoms with Gasteiger partial charge >= 0.3 is 18.3 Å². The maximum atomic E-state index is 13.0. The van der Waals surface area contributed by atoms with Gasteiger partial charge in [-0.05, 0) is 55.7 Å². The average molecular weight is 468 g/mol. The third kappa shape index (κ3) is 8.26. The lowest BCUT2D eigenvalue weighted by atomic mass is 9.73. The quantitative estimate of drug-likeness (QED) is 0.443. The van der Waals surface area contributed by atoms with Gasteiger partial charge in [0, 0.05) is 31.1 Å². The minimum Gasteiger partial charge on any atom is -0.481 e. The van der Waals surface area contributed by atoms with Crippen molar-refractivity contribution in [3.05, 3.63) is 29.6 Å². The number of aliphatic carboxylic acids is 1.